The standard InChI is InChI=1S/C41H62N6O10/c1-4-6-18-31(36(42)50)44-33(48)24-43-38(52)35(49)30(13-5-2)45-37(51)32-23-29(57-26-56-22-21-55-3)25-47(32)39(53)34(27-14-9-7-10-15-27)46-40(54)41(19-20-41)28-16-11-8-12-17-28/h8,11-12,16-17,27,29-32,34H,4-7,9-10,13-15,18-26H2,1-3H3,(H2,42,50)(H,43,52)(H,44,48)(H,45,51)(H,46,54). The highest BCUT2D eigenvalue weighted by Crippen LogP contribution is 2.48. The van der Waals surface area contributed by atoms with Gasteiger partial charge < -0.3 is 46.1 Å². The van der Waals surface area contributed by atoms with Gasteiger partial charge in [-0.05, 0) is 50.0 Å². The van der Waals surface area contributed by atoms with E-state index in [4.69, 9.17) is 19.9 Å². The zero-order chi connectivity index (χ0) is 41.4. The molecule has 6 N–H and O–H groups in total. The molecule has 316 valence electrons. The number of nitrogens with zero attached hydrogens (tertiary/aromatic N) is 1. The van der Waals surface area contributed by atoms with Gasteiger partial charge in [0.05, 0.1) is 37.3 Å². The fourth-order valence-electron chi connectivity index (χ4n) is 7.76. The lowest BCUT2D eigenvalue weighted by atomic mass is 9.82. The molecule has 5 atom stereocenters. The molecule has 1 aliphatic heterocycles. The van der Waals surface area contributed by atoms with Gasteiger partial charge in [0, 0.05) is 20.1 Å². The summed E-state index contributed by atoms with van der Waals surface area (Å²) in [6, 6.07) is 5.42. The second kappa shape index (κ2) is 22.5. The Kier molecular flexibility index (Phi) is 17.9. The van der Waals surface area contributed by atoms with Crippen LogP contribution in [0, 0.1) is 5.92 Å². The van der Waals surface area contributed by atoms with E-state index in [1.807, 2.05) is 37.3 Å². The van der Waals surface area contributed by atoms with Gasteiger partial charge in [-0.25, -0.2) is 0 Å². The summed E-state index contributed by atoms with van der Waals surface area (Å²) in [5, 5.41) is 10.6. The number of ketones is 1. The maximum absolute atomic E-state index is 14.7. The van der Waals surface area contributed by atoms with Crippen LogP contribution in [0.4, 0.5) is 0 Å². The van der Waals surface area contributed by atoms with Crippen LogP contribution < -0.4 is 27.0 Å². The van der Waals surface area contributed by atoms with Crippen molar-refractivity contribution in [3.63, 3.8) is 0 Å². The summed E-state index contributed by atoms with van der Waals surface area (Å²) in [6.45, 7) is 3.71. The second-order valence-corrected chi connectivity index (χ2v) is 15.4. The molecule has 3 aliphatic rings. The number of nitrogens with one attached hydrogen (secondary N) is 4. The van der Waals surface area contributed by atoms with E-state index >= 15 is 0 Å². The number of methoxy groups -OCH3 is 1. The molecular formula is C41H62N6O10. The first-order chi connectivity index (χ1) is 27.4. The van der Waals surface area contributed by atoms with Gasteiger partial charge in [-0.1, -0.05) is 82.7 Å². The lowest BCUT2D eigenvalue weighted by Gasteiger charge is -2.35. The maximum Gasteiger partial charge on any atom is 0.290 e. The van der Waals surface area contributed by atoms with E-state index in [1.165, 1.54) is 4.90 Å². The van der Waals surface area contributed by atoms with E-state index in [9.17, 15) is 33.6 Å². The van der Waals surface area contributed by atoms with E-state index in [0.29, 0.717) is 38.7 Å². The smallest absolute Gasteiger partial charge is 0.290 e. The fraction of sp³-hybridized carbons (Fsp3) is 0.683. The second-order valence-electron chi connectivity index (χ2n) is 15.4. The van der Waals surface area contributed by atoms with Crippen molar-refractivity contribution < 1.29 is 47.8 Å². The monoisotopic (exact) mass is 798 g/mol. The number of likely N-dealkylation sites (tertiary alicyclic amines) is 1. The topological polar surface area (TPSA) is 225 Å². The van der Waals surface area contributed by atoms with Gasteiger partial charge >= 0.3 is 0 Å². The van der Waals surface area contributed by atoms with Gasteiger partial charge in [0.25, 0.3) is 5.91 Å². The van der Waals surface area contributed by atoms with Crippen LogP contribution >= 0.6 is 0 Å². The number of rotatable bonds is 24. The van der Waals surface area contributed by atoms with Crippen molar-refractivity contribution in [3.8, 4) is 0 Å². The van der Waals surface area contributed by atoms with E-state index in [2.05, 4.69) is 21.3 Å². The van der Waals surface area contributed by atoms with Gasteiger partial charge in [-0.3, -0.25) is 33.6 Å². The summed E-state index contributed by atoms with van der Waals surface area (Å²) in [5.74, 6) is -4.85. The molecule has 2 aliphatic carbocycles. The van der Waals surface area contributed by atoms with E-state index in [1.54, 1.807) is 14.0 Å². The highest BCUT2D eigenvalue weighted by molar-refractivity contribution is 6.38. The largest absolute Gasteiger partial charge is 0.382 e. The SMILES string of the molecule is CCCCC(NC(=O)CNC(=O)C(=O)C(CCC)NC(=O)C1CC(OCOCCOC)CN1C(=O)C(NC(=O)C1(c2ccccc2)CC1)C1CCCCC1)C(N)=O. The van der Waals surface area contributed by atoms with Crippen molar-refractivity contribution in [1.82, 2.24) is 26.2 Å². The van der Waals surface area contributed by atoms with Gasteiger partial charge in [0.1, 0.15) is 24.9 Å². The maximum atomic E-state index is 14.7. The third-order valence-electron chi connectivity index (χ3n) is 11.2. The van der Waals surface area contributed by atoms with E-state index in [0.717, 1.165) is 44.1 Å². The number of carbonyl (C=O) groups excluding carboxylic acids is 7. The van der Waals surface area contributed by atoms with E-state index in [-0.39, 0.29) is 44.6 Å². The molecule has 2 saturated carbocycles. The number of carbonyl (C=O) groups is 7. The number of hydrogen-bond acceptors (Lipinski definition) is 10. The molecule has 0 radical (unpaired) electrons. The fourth-order valence-corrected chi connectivity index (χ4v) is 7.76. The lowest BCUT2D eigenvalue weighted by molar-refractivity contribution is -0.145. The van der Waals surface area contributed by atoms with Crippen LogP contribution in [0.15, 0.2) is 30.3 Å². The van der Waals surface area contributed by atoms with Crippen LogP contribution in [0.2, 0.25) is 0 Å². The van der Waals surface area contributed by atoms with Crippen molar-refractivity contribution in [2.75, 3.05) is 40.2 Å². The number of ether oxygens (including phenoxy) is 3. The van der Waals surface area contributed by atoms with Crippen molar-refractivity contribution in [1.29, 1.82) is 0 Å². The Morgan fingerprint density at radius 2 is 1.61 bits per heavy atom. The predicted molar refractivity (Wildman–Crippen MR) is 209 cm³/mol. The molecule has 16 nitrogen and oxygen atoms in total. The minimum Gasteiger partial charge on any atom is -0.382 e. The Morgan fingerprint density at radius 1 is 0.895 bits per heavy atom. The van der Waals surface area contributed by atoms with Crippen molar-refractivity contribution >= 4 is 41.2 Å². The molecule has 1 saturated heterocycles. The zero-order valence-corrected chi connectivity index (χ0v) is 33.7. The first-order valence-corrected chi connectivity index (χ1v) is 20.5. The number of amides is 6. The molecule has 1 aromatic carbocycles. The zero-order valence-electron chi connectivity index (χ0n) is 33.7. The van der Waals surface area contributed by atoms with Crippen LogP contribution in [0.1, 0.15) is 103 Å². The molecule has 5 unspecified atom stereocenters. The Bertz CT molecular complexity index is 1530. The summed E-state index contributed by atoms with van der Waals surface area (Å²) < 4.78 is 16.5. The molecule has 1 aromatic rings. The molecule has 4 rings (SSSR count). The van der Waals surface area contributed by atoms with Gasteiger partial charge in [0.2, 0.25) is 35.3 Å². The van der Waals surface area contributed by atoms with Gasteiger partial charge in [-0.2, -0.15) is 0 Å². The molecular weight excluding hydrogens is 736 g/mol. The number of primary amides is 1. The van der Waals surface area contributed by atoms with Crippen LogP contribution in [-0.2, 0) is 53.2 Å². The average molecular weight is 799 g/mol. The van der Waals surface area contributed by atoms with Gasteiger partial charge in [-0.15, -0.1) is 0 Å². The molecule has 1 heterocycles. The number of hydrogen-bond donors (Lipinski definition) is 5. The molecule has 0 aromatic heterocycles. The Morgan fingerprint density at radius 3 is 2.25 bits per heavy atom. The van der Waals surface area contributed by atoms with Crippen LogP contribution in [-0.4, -0.2) is 117 Å². The summed E-state index contributed by atoms with van der Waals surface area (Å²) in [7, 11) is 1.55. The summed E-state index contributed by atoms with van der Waals surface area (Å²) in [4.78, 5) is 95.1. The quantitative estimate of drug-likeness (QED) is 0.0576. The van der Waals surface area contributed by atoms with Crippen LogP contribution in [0.3, 0.4) is 0 Å². The third-order valence-corrected chi connectivity index (χ3v) is 11.2. The van der Waals surface area contributed by atoms with Crippen molar-refractivity contribution in [3.05, 3.63) is 35.9 Å². The number of benzene rings is 1. The lowest BCUT2D eigenvalue weighted by Crippen LogP contribution is -2.59. The van der Waals surface area contributed by atoms with Crippen molar-refractivity contribution in [2.45, 2.75) is 133 Å². The highest BCUT2D eigenvalue weighted by Gasteiger charge is 2.53. The van der Waals surface area contributed by atoms with Gasteiger partial charge in [0.15, 0.2) is 0 Å². The summed E-state index contributed by atoms with van der Waals surface area (Å²) in [6.07, 6.45) is 7.49. The highest BCUT2D eigenvalue weighted by atomic mass is 16.7. The Labute approximate surface area is 335 Å². The van der Waals surface area contributed by atoms with Crippen molar-refractivity contribution in [2.24, 2.45) is 11.7 Å². The third kappa shape index (κ3) is 12.8. The van der Waals surface area contributed by atoms with Crippen LogP contribution in [0.5, 0.6) is 0 Å². The number of unbranched alkanes of at least 4 members (excludes halogenated alkanes) is 1. The minimum absolute atomic E-state index is 0.0417. The first kappa shape index (κ1) is 45.3. The minimum atomic E-state index is -1.25. The average Bonchev–Trinajstić information content (AvgIpc) is 3.93. The molecule has 3 fully saturated rings. The normalized spacial score (nSPS) is 20.4. The molecule has 0 bridgehead atoms. The van der Waals surface area contributed by atoms with Crippen LogP contribution in [0.25, 0.3) is 0 Å². The van der Waals surface area contributed by atoms with E-state index < -0.39 is 77.6 Å². The Balaban J connectivity index is 1.50. The molecule has 6 amide bonds. The number of nitrogens with two attached hydrogens (primary N) is 1. The predicted octanol–water partition coefficient (Wildman–Crippen LogP) is 1.52. The summed E-state index contributed by atoms with van der Waals surface area (Å²) in [5.41, 5.74) is 5.59. The Hall–Kier alpha value is -4.41. The first-order valence-electron chi connectivity index (χ1n) is 20.5. The molecule has 16 heteroatoms. The molecule has 57 heavy (non-hydrogen) atoms. The number of Topliss-reactive ketones (excluding diaryl/α,β-unsaturated/α-hetero) is 1. The summed E-state index contributed by atoms with van der Waals surface area (Å²) >= 11 is 0. The molecule has 0 spiro atoms.